The maximum atomic E-state index is 5.08. The predicted octanol–water partition coefficient (Wildman–Crippen LogP) is -0.273. The van der Waals surface area contributed by atoms with E-state index in [1.54, 1.807) is 0 Å². The Kier molecular flexibility index (Phi) is 3.72. The van der Waals surface area contributed by atoms with E-state index < -0.39 is 0 Å². The van der Waals surface area contributed by atoms with Gasteiger partial charge in [0.25, 0.3) is 0 Å². The zero-order valence-electron chi connectivity index (χ0n) is 6.19. The maximum absolute atomic E-state index is 5.08. The molecule has 0 aromatic rings. The van der Waals surface area contributed by atoms with E-state index in [1.807, 2.05) is 20.8 Å². The van der Waals surface area contributed by atoms with E-state index in [9.17, 15) is 0 Å². The first-order chi connectivity index (χ1) is 4.06. The van der Waals surface area contributed by atoms with Gasteiger partial charge in [-0.15, -0.1) is 0 Å². The topological polar surface area (TPSA) is 59.3 Å². The molecule has 0 aromatic heterocycles. The average Bonchev–Trinajstić information content (AvgIpc) is 1.63. The molecule has 0 saturated carbocycles. The fourth-order valence-corrected chi connectivity index (χ4v) is 0.294. The Balaban J connectivity index is 3.07. The van der Waals surface area contributed by atoms with Gasteiger partial charge in [0.15, 0.2) is 0 Å². The summed E-state index contributed by atoms with van der Waals surface area (Å²) in [6.45, 7) is 6.32. The lowest BCUT2D eigenvalue weighted by atomic mass is 10.2. The molecule has 0 atom stereocenters. The van der Waals surface area contributed by atoms with E-state index in [4.69, 9.17) is 10.7 Å². The number of hydrogen-bond acceptors (Lipinski definition) is 4. The highest BCUT2D eigenvalue weighted by atomic mass is 16.7. The van der Waals surface area contributed by atoms with Crippen molar-refractivity contribution in [2.75, 3.05) is 6.67 Å². The van der Waals surface area contributed by atoms with Crippen LogP contribution in [0.2, 0.25) is 0 Å². The number of hydroxylamine groups is 1. The standard InChI is InChI=1S/C5H15N3O/c1-5(2,3)9-8-4-7-6/h7-8H,4,6H2,1-3H3. The van der Waals surface area contributed by atoms with E-state index in [2.05, 4.69) is 10.9 Å². The molecule has 0 saturated heterocycles. The van der Waals surface area contributed by atoms with Crippen LogP contribution in [0.1, 0.15) is 20.8 Å². The summed E-state index contributed by atoms with van der Waals surface area (Å²) in [7, 11) is 0. The molecular weight excluding hydrogens is 118 g/mol. The van der Waals surface area contributed by atoms with Gasteiger partial charge in [0.1, 0.15) is 0 Å². The molecule has 4 heteroatoms. The fourth-order valence-electron chi connectivity index (χ4n) is 0.294. The molecule has 0 heterocycles. The third kappa shape index (κ3) is 7.84. The maximum Gasteiger partial charge on any atom is 0.0827 e. The van der Waals surface area contributed by atoms with Crippen LogP contribution >= 0.6 is 0 Å². The first-order valence-corrected chi connectivity index (χ1v) is 2.90. The van der Waals surface area contributed by atoms with Gasteiger partial charge in [-0.2, -0.15) is 5.48 Å². The van der Waals surface area contributed by atoms with Crippen LogP contribution in [0, 0.1) is 0 Å². The van der Waals surface area contributed by atoms with Crippen molar-refractivity contribution in [3.05, 3.63) is 0 Å². The first kappa shape index (κ1) is 8.84. The Labute approximate surface area is 55.7 Å². The molecule has 0 aromatic carbocycles. The highest BCUT2D eigenvalue weighted by Crippen LogP contribution is 2.02. The van der Waals surface area contributed by atoms with Crippen molar-refractivity contribution in [1.82, 2.24) is 10.9 Å². The third-order valence-electron chi connectivity index (χ3n) is 0.553. The molecule has 4 N–H and O–H groups in total. The normalized spacial score (nSPS) is 12.0. The Hall–Kier alpha value is -0.160. The van der Waals surface area contributed by atoms with E-state index in [0.29, 0.717) is 6.67 Å². The van der Waals surface area contributed by atoms with E-state index in [-0.39, 0.29) is 5.60 Å². The zero-order chi connectivity index (χ0) is 7.33. The van der Waals surface area contributed by atoms with Crippen LogP contribution in [0.3, 0.4) is 0 Å². The van der Waals surface area contributed by atoms with Gasteiger partial charge in [0.2, 0.25) is 0 Å². The van der Waals surface area contributed by atoms with Gasteiger partial charge in [-0.05, 0) is 20.8 Å². The van der Waals surface area contributed by atoms with Gasteiger partial charge in [-0.25, -0.2) is 5.43 Å². The van der Waals surface area contributed by atoms with E-state index in [1.165, 1.54) is 0 Å². The predicted molar refractivity (Wildman–Crippen MR) is 36.2 cm³/mol. The van der Waals surface area contributed by atoms with Crippen molar-refractivity contribution in [3.63, 3.8) is 0 Å². The number of hydrogen-bond donors (Lipinski definition) is 3. The Morgan fingerprint density at radius 2 is 2.00 bits per heavy atom. The molecule has 0 aliphatic carbocycles. The number of nitrogens with two attached hydrogens (primary N) is 1. The minimum absolute atomic E-state index is 0.156. The van der Waals surface area contributed by atoms with Gasteiger partial charge in [0.05, 0.1) is 12.3 Å². The summed E-state index contributed by atoms with van der Waals surface area (Å²) in [4.78, 5) is 5.08. The molecule has 4 nitrogen and oxygen atoms in total. The summed E-state index contributed by atoms with van der Waals surface area (Å²) in [5.74, 6) is 4.97. The van der Waals surface area contributed by atoms with Crippen molar-refractivity contribution in [2.24, 2.45) is 5.84 Å². The van der Waals surface area contributed by atoms with Crippen molar-refractivity contribution < 1.29 is 4.84 Å². The smallest absolute Gasteiger partial charge is 0.0827 e. The summed E-state index contributed by atoms with van der Waals surface area (Å²) >= 11 is 0. The van der Waals surface area contributed by atoms with Crippen molar-refractivity contribution in [3.8, 4) is 0 Å². The molecule has 0 fully saturated rings. The molecule has 0 unspecified atom stereocenters. The number of rotatable bonds is 3. The molecule has 9 heavy (non-hydrogen) atoms. The largest absolute Gasteiger partial charge is 0.295 e. The quantitative estimate of drug-likeness (QED) is 0.215. The molecule has 0 bridgehead atoms. The highest BCUT2D eigenvalue weighted by molar-refractivity contribution is 4.55. The van der Waals surface area contributed by atoms with Crippen LogP contribution in [0.5, 0.6) is 0 Å². The van der Waals surface area contributed by atoms with Crippen LogP contribution in [0.25, 0.3) is 0 Å². The number of hydrazine groups is 1. The minimum atomic E-state index is -0.156. The van der Waals surface area contributed by atoms with Gasteiger partial charge in [-0.1, -0.05) is 0 Å². The van der Waals surface area contributed by atoms with Crippen molar-refractivity contribution in [1.29, 1.82) is 0 Å². The SMILES string of the molecule is CC(C)(C)ONCNN. The second-order valence-corrected chi connectivity index (χ2v) is 2.74. The van der Waals surface area contributed by atoms with Crippen LogP contribution in [-0.4, -0.2) is 12.3 Å². The van der Waals surface area contributed by atoms with Gasteiger partial charge in [0, 0.05) is 0 Å². The molecule has 0 rings (SSSR count). The summed E-state index contributed by atoms with van der Waals surface area (Å²) < 4.78 is 0. The Morgan fingerprint density at radius 3 is 2.33 bits per heavy atom. The first-order valence-electron chi connectivity index (χ1n) is 2.90. The zero-order valence-corrected chi connectivity index (χ0v) is 6.19. The molecule has 0 spiro atoms. The lowest BCUT2D eigenvalue weighted by Crippen LogP contribution is -2.38. The Morgan fingerprint density at radius 1 is 1.44 bits per heavy atom. The second kappa shape index (κ2) is 3.79. The molecule has 0 radical (unpaired) electrons. The van der Waals surface area contributed by atoms with Crippen molar-refractivity contribution in [2.45, 2.75) is 26.4 Å². The van der Waals surface area contributed by atoms with Gasteiger partial charge >= 0.3 is 0 Å². The summed E-state index contributed by atoms with van der Waals surface area (Å²) in [6, 6.07) is 0. The molecule has 0 aliphatic heterocycles. The molecular formula is C5H15N3O. The second-order valence-electron chi connectivity index (χ2n) is 2.74. The van der Waals surface area contributed by atoms with Crippen LogP contribution in [-0.2, 0) is 4.84 Å². The summed E-state index contributed by atoms with van der Waals surface area (Å²) in [6.07, 6.45) is 0. The summed E-state index contributed by atoms with van der Waals surface area (Å²) in [5.41, 5.74) is 4.89. The average molecular weight is 133 g/mol. The van der Waals surface area contributed by atoms with Gasteiger partial charge in [-0.3, -0.25) is 10.7 Å². The van der Waals surface area contributed by atoms with Gasteiger partial charge < -0.3 is 0 Å². The lowest BCUT2D eigenvalue weighted by Gasteiger charge is -2.18. The lowest BCUT2D eigenvalue weighted by molar-refractivity contribution is -0.0748. The fraction of sp³-hybridized carbons (Fsp3) is 1.00. The van der Waals surface area contributed by atoms with Crippen LogP contribution in [0.4, 0.5) is 0 Å². The van der Waals surface area contributed by atoms with E-state index in [0.717, 1.165) is 0 Å². The molecule has 0 amide bonds. The van der Waals surface area contributed by atoms with Crippen molar-refractivity contribution >= 4 is 0 Å². The summed E-state index contributed by atoms with van der Waals surface area (Å²) in [5, 5.41) is 0. The molecule has 0 aliphatic rings. The third-order valence-corrected chi connectivity index (χ3v) is 0.553. The van der Waals surface area contributed by atoms with E-state index >= 15 is 0 Å². The minimum Gasteiger partial charge on any atom is -0.295 e. The van der Waals surface area contributed by atoms with Crippen LogP contribution < -0.4 is 16.7 Å². The monoisotopic (exact) mass is 133 g/mol. The Bertz CT molecular complexity index is 69.1. The number of nitrogens with one attached hydrogen (secondary N) is 2. The van der Waals surface area contributed by atoms with Crippen LogP contribution in [0.15, 0.2) is 0 Å². The highest BCUT2D eigenvalue weighted by Gasteiger charge is 2.08. The molecule has 56 valence electrons.